The second kappa shape index (κ2) is 10.8. The molecule has 1 saturated heterocycles. The molecule has 1 unspecified atom stereocenters. The summed E-state index contributed by atoms with van der Waals surface area (Å²) in [6.07, 6.45) is 0. The van der Waals surface area contributed by atoms with Gasteiger partial charge in [-0.1, -0.05) is 18.2 Å². The summed E-state index contributed by atoms with van der Waals surface area (Å²) in [5.41, 5.74) is 0.599. The Morgan fingerprint density at radius 1 is 1.06 bits per heavy atom. The van der Waals surface area contributed by atoms with E-state index in [4.69, 9.17) is 14.2 Å². The molecule has 2 N–H and O–H groups in total. The van der Waals surface area contributed by atoms with Gasteiger partial charge in [-0.2, -0.15) is 0 Å². The summed E-state index contributed by atoms with van der Waals surface area (Å²) < 4.78 is 16.0. The first kappa shape index (κ1) is 22.6. The van der Waals surface area contributed by atoms with Crippen molar-refractivity contribution in [2.45, 2.75) is 12.5 Å². The first-order valence-corrected chi connectivity index (χ1v) is 10.2. The Kier molecular flexibility index (Phi) is 7.86. The number of esters is 1. The van der Waals surface area contributed by atoms with Gasteiger partial charge in [0.05, 0.1) is 26.9 Å². The normalized spacial score (nSPS) is 15.6. The second-order valence-electron chi connectivity index (χ2n) is 7.47. The summed E-state index contributed by atoms with van der Waals surface area (Å²) in [6.45, 7) is 4.74. The van der Waals surface area contributed by atoms with Crippen LogP contribution in [-0.2, 0) is 19.1 Å². The van der Waals surface area contributed by atoms with Crippen LogP contribution in [0, 0.1) is 0 Å². The minimum atomic E-state index is -1.18. The maximum Gasteiger partial charge on any atom is 0.329 e. The van der Waals surface area contributed by atoms with E-state index >= 15 is 0 Å². The van der Waals surface area contributed by atoms with Crippen LogP contribution in [-0.4, -0.2) is 64.0 Å². The minimum absolute atomic E-state index is 0.0191. The number of nitrogens with zero attached hydrogens (tertiary/aromatic N) is 1. The van der Waals surface area contributed by atoms with E-state index in [1.807, 2.05) is 42.5 Å². The molecule has 166 valence electrons. The Morgan fingerprint density at radius 2 is 1.74 bits per heavy atom. The van der Waals surface area contributed by atoms with E-state index < -0.39 is 11.5 Å². The third-order valence-electron chi connectivity index (χ3n) is 5.07. The van der Waals surface area contributed by atoms with Crippen molar-refractivity contribution in [1.82, 2.24) is 5.32 Å². The molecule has 8 heteroatoms. The van der Waals surface area contributed by atoms with Gasteiger partial charge in [-0.3, -0.25) is 10.1 Å². The van der Waals surface area contributed by atoms with Crippen molar-refractivity contribution in [1.29, 1.82) is 0 Å². The number of hydrogen-bond donors (Lipinski definition) is 2. The zero-order valence-electron chi connectivity index (χ0n) is 17.9. The largest absolute Gasteiger partial charge is 0.491 e. The maximum absolute atomic E-state index is 12.4. The molecule has 1 heterocycles. The molecular formula is C23H29N3O5. The number of ether oxygens (including phenoxy) is 3. The molecule has 0 spiro atoms. The fourth-order valence-corrected chi connectivity index (χ4v) is 3.21. The smallest absolute Gasteiger partial charge is 0.329 e. The zero-order valence-corrected chi connectivity index (χ0v) is 17.9. The summed E-state index contributed by atoms with van der Waals surface area (Å²) in [6, 6.07) is 16.8. The van der Waals surface area contributed by atoms with Gasteiger partial charge in [0.1, 0.15) is 17.9 Å². The van der Waals surface area contributed by atoms with Gasteiger partial charge < -0.3 is 24.4 Å². The van der Waals surface area contributed by atoms with Gasteiger partial charge >= 0.3 is 5.97 Å². The lowest BCUT2D eigenvalue weighted by Gasteiger charge is -2.29. The molecule has 0 radical (unpaired) electrons. The Bertz CT molecular complexity index is 853. The van der Waals surface area contributed by atoms with Crippen molar-refractivity contribution in [3.8, 4) is 5.75 Å². The van der Waals surface area contributed by atoms with Gasteiger partial charge in [-0.05, 0) is 43.3 Å². The van der Waals surface area contributed by atoms with E-state index in [1.54, 1.807) is 19.1 Å². The second-order valence-corrected chi connectivity index (χ2v) is 7.47. The molecule has 0 saturated carbocycles. The van der Waals surface area contributed by atoms with Crippen LogP contribution < -0.4 is 20.3 Å². The molecule has 0 aromatic heterocycles. The number of morpholine rings is 1. The van der Waals surface area contributed by atoms with Gasteiger partial charge in [0, 0.05) is 24.5 Å². The van der Waals surface area contributed by atoms with Crippen LogP contribution in [0.15, 0.2) is 54.6 Å². The summed E-state index contributed by atoms with van der Waals surface area (Å²) in [4.78, 5) is 27.0. The highest BCUT2D eigenvalue weighted by Crippen LogP contribution is 2.19. The maximum atomic E-state index is 12.4. The van der Waals surface area contributed by atoms with Gasteiger partial charge in [-0.25, -0.2) is 4.79 Å². The summed E-state index contributed by atoms with van der Waals surface area (Å²) in [5.74, 6) is -0.149. The standard InChI is InChI=1S/C23H29N3O5/c1-23(22(28)29-2,17-31-20-6-4-3-5-7-20)24-16-21(27)25-18-8-10-19(11-9-18)26-12-14-30-15-13-26/h3-11,24H,12-17H2,1-2H3,(H,25,27). The van der Waals surface area contributed by atoms with E-state index in [0.29, 0.717) is 11.4 Å². The summed E-state index contributed by atoms with van der Waals surface area (Å²) in [7, 11) is 1.31. The molecule has 2 aromatic carbocycles. The zero-order chi connectivity index (χ0) is 22.1. The Morgan fingerprint density at radius 3 is 2.39 bits per heavy atom. The molecule has 1 fully saturated rings. The quantitative estimate of drug-likeness (QED) is 0.592. The summed E-state index contributed by atoms with van der Waals surface area (Å²) >= 11 is 0. The molecule has 2 aromatic rings. The monoisotopic (exact) mass is 427 g/mol. The SMILES string of the molecule is COC(=O)C(C)(COc1ccccc1)NCC(=O)Nc1ccc(N2CCOCC2)cc1. The van der Waals surface area contributed by atoms with E-state index in [0.717, 1.165) is 32.0 Å². The third kappa shape index (κ3) is 6.44. The number of para-hydroxylation sites is 1. The number of methoxy groups -OCH3 is 1. The molecule has 1 aliphatic heterocycles. The molecule has 3 rings (SSSR count). The van der Waals surface area contributed by atoms with Crippen LogP contribution in [0.25, 0.3) is 0 Å². The predicted molar refractivity (Wildman–Crippen MR) is 118 cm³/mol. The molecule has 1 atom stereocenters. The number of carbonyl (C=O) groups excluding carboxylic acids is 2. The third-order valence-corrected chi connectivity index (χ3v) is 5.07. The number of amides is 1. The average Bonchev–Trinajstić information content (AvgIpc) is 2.82. The first-order valence-electron chi connectivity index (χ1n) is 10.2. The van der Waals surface area contributed by atoms with Gasteiger partial charge in [0.15, 0.2) is 0 Å². The van der Waals surface area contributed by atoms with Crippen molar-refractivity contribution in [3.63, 3.8) is 0 Å². The van der Waals surface area contributed by atoms with Crippen molar-refractivity contribution < 1.29 is 23.8 Å². The molecular weight excluding hydrogens is 398 g/mol. The number of rotatable bonds is 9. The van der Waals surface area contributed by atoms with E-state index in [9.17, 15) is 9.59 Å². The number of hydrogen-bond acceptors (Lipinski definition) is 7. The van der Waals surface area contributed by atoms with Crippen LogP contribution in [0.4, 0.5) is 11.4 Å². The van der Waals surface area contributed by atoms with Crippen molar-refractivity contribution >= 4 is 23.3 Å². The summed E-state index contributed by atoms with van der Waals surface area (Å²) in [5, 5.41) is 5.80. The number of nitrogens with one attached hydrogen (secondary N) is 2. The van der Waals surface area contributed by atoms with Crippen molar-refractivity contribution in [2.24, 2.45) is 0 Å². The Balaban J connectivity index is 1.53. The molecule has 1 amide bonds. The predicted octanol–water partition coefficient (Wildman–Crippen LogP) is 2.06. The Hall–Kier alpha value is -3.10. The number of benzene rings is 2. The lowest BCUT2D eigenvalue weighted by Crippen LogP contribution is -2.56. The highest BCUT2D eigenvalue weighted by Gasteiger charge is 2.35. The fourth-order valence-electron chi connectivity index (χ4n) is 3.21. The Labute approximate surface area is 182 Å². The highest BCUT2D eigenvalue weighted by atomic mass is 16.5. The highest BCUT2D eigenvalue weighted by molar-refractivity contribution is 5.93. The van der Waals surface area contributed by atoms with Crippen LogP contribution in [0.5, 0.6) is 5.75 Å². The van der Waals surface area contributed by atoms with Gasteiger partial charge in [0.2, 0.25) is 5.91 Å². The van der Waals surface area contributed by atoms with E-state index in [-0.39, 0.29) is 19.1 Å². The van der Waals surface area contributed by atoms with Gasteiger partial charge in [0.25, 0.3) is 0 Å². The van der Waals surface area contributed by atoms with E-state index in [1.165, 1.54) is 7.11 Å². The van der Waals surface area contributed by atoms with Crippen molar-refractivity contribution in [2.75, 3.05) is 56.8 Å². The van der Waals surface area contributed by atoms with Gasteiger partial charge in [-0.15, -0.1) is 0 Å². The molecule has 8 nitrogen and oxygen atoms in total. The molecule has 0 bridgehead atoms. The van der Waals surface area contributed by atoms with Crippen molar-refractivity contribution in [3.05, 3.63) is 54.6 Å². The topological polar surface area (TPSA) is 89.1 Å². The van der Waals surface area contributed by atoms with Crippen LogP contribution in [0.3, 0.4) is 0 Å². The average molecular weight is 428 g/mol. The fraction of sp³-hybridized carbons (Fsp3) is 0.391. The first-order chi connectivity index (χ1) is 15.0. The van der Waals surface area contributed by atoms with Crippen LogP contribution >= 0.6 is 0 Å². The number of carbonyl (C=O) groups is 2. The molecule has 1 aliphatic rings. The van der Waals surface area contributed by atoms with Crippen LogP contribution in [0.2, 0.25) is 0 Å². The lowest BCUT2D eigenvalue weighted by molar-refractivity contribution is -0.149. The minimum Gasteiger partial charge on any atom is -0.491 e. The van der Waals surface area contributed by atoms with E-state index in [2.05, 4.69) is 15.5 Å². The number of anilines is 2. The molecule has 31 heavy (non-hydrogen) atoms. The lowest BCUT2D eigenvalue weighted by atomic mass is 10.0. The molecule has 0 aliphatic carbocycles. The van der Waals surface area contributed by atoms with Crippen LogP contribution in [0.1, 0.15) is 6.92 Å².